The van der Waals surface area contributed by atoms with Gasteiger partial charge in [-0.3, -0.25) is 4.79 Å². The first-order valence-corrected chi connectivity index (χ1v) is 6.63. The number of aryl methyl sites for hydroxylation is 1. The Morgan fingerprint density at radius 3 is 2.94 bits per heavy atom. The largest absolute Gasteiger partial charge is 2.00 e. The molecule has 2 N–H and O–H groups in total. The van der Waals surface area contributed by atoms with E-state index in [4.69, 9.17) is 3.95 Å². The van der Waals surface area contributed by atoms with Crippen LogP contribution in [0.15, 0.2) is 18.0 Å². The molecule has 1 saturated carbocycles. The summed E-state index contributed by atoms with van der Waals surface area (Å²) in [5, 5.41) is 4.48. The average Bonchev–Trinajstić information content (AvgIpc) is 2.73. The first-order chi connectivity index (χ1) is 8.23. The van der Waals surface area contributed by atoms with Gasteiger partial charge in [-0.25, -0.2) is 22.9 Å². The fourth-order valence-electron chi connectivity index (χ4n) is 3.31. The van der Waals surface area contributed by atoms with E-state index in [0.29, 0.717) is 5.92 Å². The first-order valence-electron chi connectivity index (χ1n) is 5.55. The maximum atomic E-state index is 11.8. The average molecular weight is 400 g/mol. The van der Waals surface area contributed by atoms with E-state index in [1.54, 1.807) is 6.08 Å². The van der Waals surface area contributed by atoms with Crippen molar-refractivity contribution in [3.05, 3.63) is 44.1 Å². The van der Waals surface area contributed by atoms with E-state index in [1.165, 1.54) is 40.4 Å². The Balaban J connectivity index is 0.000000384. The zero-order valence-electron chi connectivity index (χ0n) is 9.71. The van der Waals surface area contributed by atoms with E-state index in [2.05, 4.69) is 17.2 Å². The number of ketones is 1. The van der Waals surface area contributed by atoms with E-state index >= 15 is 0 Å². The summed E-state index contributed by atoms with van der Waals surface area (Å²) in [4.78, 5) is 14.9. The predicted octanol–water partition coefficient (Wildman–Crippen LogP) is 3.43. The quantitative estimate of drug-likeness (QED) is 0.667. The van der Waals surface area contributed by atoms with Crippen molar-refractivity contribution in [3.63, 3.8) is 0 Å². The molecule has 1 radical (unpaired) electrons. The van der Waals surface area contributed by atoms with Crippen molar-refractivity contribution in [1.82, 2.24) is 4.98 Å². The number of hydrogen-bond donors (Lipinski definition) is 1. The van der Waals surface area contributed by atoms with Gasteiger partial charge in [-0.2, -0.15) is 0 Å². The third kappa shape index (κ3) is 1.55. The van der Waals surface area contributed by atoms with Gasteiger partial charge in [0.2, 0.25) is 5.78 Å². The number of rotatable bonds is 0. The zero-order chi connectivity index (χ0) is 12.2. The maximum absolute atomic E-state index is 11.8. The second kappa shape index (κ2) is 4.66. The van der Waals surface area contributed by atoms with Crippen LogP contribution in [0.3, 0.4) is 0 Å². The Hall–Kier alpha value is -0.314. The number of aromatic nitrogens is 1. The molecule has 18 heavy (non-hydrogen) atoms. The van der Waals surface area contributed by atoms with E-state index in [0.717, 1.165) is 17.9 Å². The predicted molar refractivity (Wildman–Crippen MR) is 74.3 cm³/mol. The minimum atomic E-state index is 0. The molecule has 97 valence electrons. The summed E-state index contributed by atoms with van der Waals surface area (Å²) < 4.78 is 5.72. The molecule has 0 bridgehead atoms. The van der Waals surface area contributed by atoms with Gasteiger partial charge in [-0.15, -0.1) is 12.2 Å². The van der Waals surface area contributed by atoms with E-state index < -0.39 is 0 Å². The van der Waals surface area contributed by atoms with Gasteiger partial charge in [0.15, 0.2) is 0 Å². The molecule has 4 rings (SSSR count). The molecule has 1 saturated heterocycles. The van der Waals surface area contributed by atoms with Gasteiger partial charge in [0.1, 0.15) is 0 Å². The first kappa shape index (κ1) is 14.1. The van der Waals surface area contributed by atoms with Crippen LogP contribution in [0.1, 0.15) is 28.0 Å². The van der Waals surface area contributed by atoms with Gasteiger partial charge in [0, 0.05) is 11.6 Å². The number of nitrogens with zero attached hydrogens (tertiary/aromatic N) is 1. The molecule has 2 heterocycles. The molecule has 4 nitrogen and oxygen atoms in total. The van der Waals surface area contributed by atoms with Crippen LogP contribution in [0.4, 0.5) is 0 Å². The fourth-order valence-corrected chi connectivity index (χ4v) is 3.31. The van der Waals surface area contributed by atoms with E-state index in [1.807, 2.05) is 6.20 Å². The molecule has 1 spiro atoms. The summed E-state index contributed by atoms with van der Waals surface area (Å²) in [6.45, 7) is 2.98. The van der Waals surface area contributed by atoms with Crippen LogP contribution in [0.25, 0.3) is 9.26 Å². The SMILES string of the molecule is Cc1c[nH]c2c1C13CC1C[N-]C3=CC2=O.[Co+2].[NH-]I. The van der Waals surface area contributed by atoms with Crippen LogP contribution in [-0.2, 0) is 22.2 Å². The molecule has 2 aliphatic carbocycles. The van der Waals surface area contributed by atoms with Crippen LogP contribution < -0.4 is 0 Å². The Morgan fingerprint density at radius 2 is 2.28 bits per heavy atom. The summed E-state index contributed by atoms with van der Waals surface area (Å²) in [6.07, 6.45) is 4.86. The summed E-state index contributed by atoms with van der Waals surface area (Å²) in [5.41, 5.74) is 4.41. The smallest absolute Gasteiger partial charge is 0.687 e. The van der Waals surface area contributed by atoms with Crippen molar-refractivity contribution < 1.29 is 21.6 Å². The second-order valence-corrected chi connectivity index (χ2v) is 4.83. The van der Waals surface area contributed by atoms with E-state index in [9.17, 15) is 4.79 Å². The van der Waals surface area contributed by atoms with Gasteiger partial charge in [0.25, 0.3) is 0 Å². The third-order valence-electron chi connectivity index (χ3n) is 4.08. The molecule has 2 fully saturated rings. The number of aromatic amines is 1. The Labute approximate surface area is 130 Å². The molecular formula is C12H12CoIN3O. The van der Waals surface area contributed by atoms with Gasteiger partial charge in [0.05, 0.1) is 5.69 Å². The number of allylic oxidation sites excluding steroid dienone is 2. The third-order valence-corrected chi connectivity index (χ3v) is 4.08. The molecule has 2 unspecified atom stereocenters. The second-order valence-electron chi connectivity index (χ2n) is 4.83. The molecule has 1 aromatic rings. The normalized spacial score (nSPS) is 29.6. The van der Waals surface area contributed by atoms with Crippen LogP contribution in [0.2, 0.25) is 0 Å². The van der Waals surface area contributed by atoms with Crippen molar-refractivity contribution in [1.29, 1.82) is 0 Å². The van der Waals surface area contributed by atoms with Crippen molar-refractivity contribution in [2.75, 3.05) is 6.54 Å². The minimum absolute atomic E-state index is 0. The summed E-state index contributed by atoms with van der Waals surface area (Å²) in [6, 6.07) is 0. The molecule has 0 aromatic carbocycles. The number of halogens is 1. The molecule has 2 atom stereocenters. The number of fused-ring (bicyclic) bond motifs is 1. The van der Waals surface area contributed by atoms with Gasteiger partial charge < -0.3 is 14.2 Å². The van der Waals surface area contributed by atoms with E-state index in [-0.39, 0.29) is 28.0 Å². The van der Waals surface area contributed by atoms with Crippen molar-refractivity contribution in [2.24, 2.45) is 5.92 Å². The topological polar surface area (TPSA) is 70.8 Å². The number of H-pyrrole nitrogens is 1. The van der Waals surface area contributed by atoms with Crippen molar-refractivity contribution in [2.45, 2.75) is 18.8 Å². The molecule has 1 aromatic heterocycles. The number of carbonyl (C=O) groups is 1. The standard InChI is InChI=1S/C12H12N2O.Co.HIN/c1-6-4-14-11-8(15)2-9-12(10(6)11)3-7(12)5-13-9;;1-2/h2,4,7H,3,5H2,1H3,(H2,13,14,15);;2H/q;+2;-1/p-1. The maximum Gasteiger partial charge on any atom is 2.00 e. The number of nitrogens with one attached hydrogen (secondary N) is 2. The molecular weight excluding hydrogens is 388 g/mol. The van der Waals surface area contributed by atoms with Crippen LogP contribution in [0.5, 0.6) is 0 Å². The molecule has 0 amide bonds. The molecule has 1 aliphatic heterocycles. The Morgan fingerprint density at radius 1 is 1.56 bits per heavy atom. The number of piperidine rings is 1. The summed E-state index contributed by atoms with van der Waals surface area (Å²) in [5.74, 6) is 0.750. The van der Waals surface area contributed by atoms with Crippen LogP contribution in [-0.4, -0.2) is 17.3 Å². The monoisotopic (exact) mass is 400 g/mol. The van der Waals surface area contributed by atoms with Crippen molar-refractivity contribution >= 4 is 28.6 Å². The van der Waals surface area contributed by atoms with Gasteiger partial charge in [-0.1, -0.05) is 0 Å². The van der Waals surface area contributed by atoms with Crippen LogP contribution >= 0.6 is 22.9 Å². The van der Waals surface area contributed by atoms with Crippen molar-refractivity contribution in [3.8, 4) is 0 Å². The molecule has 6 heteroatoms. The molecule has 3 aliphatic rings. The van der Waals surface area contributed by atoms with Gasteiger partial charge in [-0.05, 0) is 36.5 Å². The zero-order valence-corrected chi connectivity index (χ0v) is 12.9. The Bertz CT molecular complexity index is 539. The van der Waals surface area contributed by atoms with Gasteiger partial charge >= 0.3 is 16.8 Å². The number of hydrogen-bond acceptors (Lipinski definition) is 1. The van der Waals surface area contributed by atoms with Crippen LogP contribution in [0, 0.1) is 12.8 Å². The minimum Gasteiger partial charge on any atom is -0.687 e. The Kier molecular flexibility index (Phi) is 3.65. The summed E-state index contributed by atoms with van der Waals surface area (Å²) >= 11 is 1.40. The summed E-state index contributed by atoms with van der Waals surface area (Å²) in [7, 11) is 0. The number of carbonyl (C=O) groups excluding carboxylic acids is 1. The fraction of sp³-hybridized carbons (Fsp3) is 0.417.